The van der Waals surface area contributed by atoms with Gasteiger partial charge in [-0.25, -0.2) is 29.9 Å². The Morgan fingerprint density at radius 1 is 0.733 bits per heavy atom. The monoisotopic (exact) mass is 613 g/mol. The zero-order valence-corrected chi connectivity index (χ0v) is 23.9. The number of nitrogens with one attached hydrogen (secondary N) is 1. The second-order valence-electron chi connectivity index (χ2n) is 10.3. The fraction of sp³-hybridized carbons (Fsp3) is 0.241. The van der Waals surface area contributed by atoms with E-state index in [1.807, 2.05) is 13.8 Å². The Balaban J connectivity index is 1.29. The fourth-order valence-electron chi connectivity index (χ4n) is 4.48. The molecule has 1 amide bonds. The predicted molar refractivity (Wildman–Crippen MR) is 148 cm³/mol. The minimum Gasteiger partial charge on any atom is -0.469 e. The van der Waals surface area contributed by atoms with Crippen LogP contribution in [0.25, 0.3) is 52.4 Å². The third kappa shape index (κ3) is 5.44. The molecule has 0 aromatic carbocycles. The van der Waals surface area contributed by atoms with Crippen molar-refractivity contribution in [1.82, 2.24) is 35.2 Å². The highest BCUT2D eigenvalue weighted by Gasteiger charge is 2.28. The number of carbonyl (C=O) groups is 2. The van der Waals surface area contributed by atoms with E-state index in [0.29, 0.717) is 17.1 Å². The number of amides is 1. The van der Waals surface area contributed by atoms with Crippen molar-refractivity contribution in [3.8, 4) is 46.3 Å². The minimum atomic E-state index is -0.631. The van der Waals surface area contributed by atoms with Gasteiger partial charge in [0.05, 0.1) is 19.4 Å². The first kappa shape index (κ1) is 27.8. The molecule has 1 N–H and O–H groups in total. The molecular weight excluding hydrogens is 590 g/mol. The quantitative estimate of drug-likeness (QED) is 0.258. The van der Waals surface area contributed by atoms with Crippen molar-refractivity contribution in [3.63, 3.8) is 0 Å². The molecule has 6 aromatic rings. The number of fused-ring (bicyclic) bond motifs is 16. The van der Waals surface area contributed by atoms with Gasteiger partial charge in [0.2, 0.25) is 35.3 Å². The maximum absolute atomic E-state index is 13.2. The second kappa shape index (κ2) is 11.2. The summed E-state index contributed by atoms with van der Waals surface area (Å²) in [6, 6.07) is -0.615. The average Bonchev–Trinajstić information content (AvgIpc) is 3.88. The molecule has 0 aliphatic carbocycles. The zero-order chi connectivity index (χ0) is 31.1. The van der Waals surface area contributed by atoms with Crippen LogP contribution in [0, 0.1) is 5.92 Å². The Labute approximate surface area is 252 Å². The topological polar surface area (TPSA) is 212 Å². The first-order chi connectivity index (χ1) is 21.8. The van der Waals surface area contributed by atoms with Gasteiger partial charge in [-0.05, 0) is 12.0 Å². The second-order valence-corrected chi connectivity index (χ2v) is 10.3. The van der Waals surface area contributed by atoms with E-state index < -0.39 is 23.8 Å². The molecular formula is C29H23N7O9. The van der Waals surface area contributed by atoms with Crippen LogP contribution in [-0.4, -0.2) is 48.9 Å². The molecule has 0 saturated carbocycles. The van der Waals surface area contributed by atoms with Crippen molar-refractivity contribution in [2.45, 2.75) is 32.2 Å². The Morgan fingerprint density at radius 3 is 1.89 bits per heavy atom. The number of methoxy groups -OCH3 is 1. The number of aromatic nitrogens is 6. The summed E-state index contributed by atoms with van der Waals surface area (Å²) in [7, 11) is 1.29. The highest BCUT2D eigenvalue weighted by atomic mass is 16.5. The summed E-state index contributed by atoms with van der Waals surface area (Å²) in [5.41, 5.74) is 1.54. The summed E-state index contributed by atoms with van der Waals surface area (Å²) in [6.07, 6.45) is 11.3. The van der Waals surface area contributed by atoms with Crippen LogP contribution in [0.5, 0.6) is 0 Å². The van der Waals surface area contributed by atoms with E-state index >= 15 is 0 Å². The summed E-state index contributed by atoms with van der Waals surface area (Å²) in [6.45, 7) is 3.80. The van der Waals surface area contributed by atoms with E-state index in [4.69, 9.17) is 31.2 Å². The molecule has 7 heterocycles. The molecule has 1 aliphatic rings. The lowest BCUT2D eigenvalue weighted by Gasteiger charge is -2.18. The molecule has 228 valence electrons. The molecule has 0 saturated heterocycles. The van der Waals surface area contributed by atoms with Crippen LogP contribution >= 0.6 is 0 Å². The highest BCUT2D eigenvalue weighted by Crippen LogP contribution is 2.31. The molecule has 2 unspecified atom stereocenters. The number of nitrogens with zero attached hydrogens (tertiary/aromatic N) is 6. The van der Waals surface area contributed by atoms with Gasteiger partial charge in [-0.15, -0.1) is 0 Å². The largest absolute Gasteiger partial charge is 0.469 e. The van der Waals surface area contributed by atoms with Gasteiger partial charge < -0.3 is 36.6 Å². The zero-order valence-electron chi connectivity index (χ0n) is 23.9. The van der Waals surface area contributed by atoms with Crippen LogP contribution in [0.1, 0.15) is 60.2 Å². The molecule has 2 atom stereocenters. The molecule has 16 heteroatoms. The molecule has 6 aromatic heterocycles. The van der Waals surface area contributed by atoms with Gasteiger partial charge >= 0.3 is 5.97 Å². The molecule has 0 spiro atoms. The Morgan fingerprint density at radius 2 is 1.24 bits per heavy atom. The third-order valence-electron chi connectivity index (χ3n) is 6.84. The van der Waals surface area contributed by atoms with E-state index in [1.54, 1.807) is 12.2 Å². The number of oxazole rings is 6. The molecule has 0 radical (unpaired) electrons. The van der Waals surface area contributed by atoms with Gasteiger partial charge in [-0.1, -0.05) is 19.9 Å². The number of allylic oxidation sites excluding steroid dienone is 1. The number of ether oxygens (including phenoxy) is 1. The van der Waals surface area contributed by atoms with Crippen molar-refractivity contribution >= 4 is 18.0 Å². The van der Waals surface area contributed by atoms with Gasteiger partial charge in [-0.2, -0.15) is 0 Å². The molecule has 0 fully saturated rings. The van der Waals surface area contributed by atoms with Crippen molar-refractivity contribution in [3.05, 3.63) is 66.8 Å². The molecule has 16 nitrogen and oxygen atoms in total. The average molecular weight is 614 g/mol. The first-order valence-corrected chi connectivity index (χ1v) is 13.6. The van der Waals surface area contributed by atoms with E-state index in [-0.39, 0.29) is 64.8 Å². The van der Waals surface area contributed by atoms with Crippen LogP contribution in [0.4, 0.5) is 0 Å². The van der Waals surface area contributed by atoms with E-state index in [2.05, 4.69) is 35.2 Å². The van der Waals surface area contributed by atoms with Gasteiger partial charge in [0.15, 0.2) is 28.5 Å². The Bertz CT molecular complexity index is 2020. The summed E-state index contributed by atoms with van der Waals surface area (Å²) in [5.74, 6) is -0.808. The van der Waals surface area contributed by atoms with E-state index in [0.717, 1.165) is 0 Å². The van der Waals surface area contributed by atoms with Crippen molar-refractivity contribution < 1.29 is 40.8 Å². The normalized spacial score (nSPS) is 17.1. The number of rotatable bonds is 3. The first-order valence-electron chi connectivity index (χ1n) is 13.6. The van der Waals surface area contributed by atoms with Crippen LogP contribution in [0.15, 0.2) is 70.2 Å². The van der Waals surface area contributed by atoms with Gasteiger partial charge in [-0.3, -0.25) is 9.59 Å². The lowest BCUT2D eigenvalue weighted by atomic mass is 10.0. The lowest BCUT2D eigenvalue weighted by Crippen LogP contribution is -2.32. The lowest BCUT2D eigenvalue weighted by molar-refractivity contribution is -0.140. The minimum absolute atomic E-state index is 0.00487. The molecule has 12 bridgehead atoms. The summed E-state index contributed by atoms with van der Waals surface area (Å²) >= 11 is 0. The fourth-order valence-corrected chi connectivity index (χ4v) is 4.48. The maximum atomic E-state index is 13.2. The third-order valence-corrected chi connectivity index (χ3v) is 6.84. The van der Waals surface area contributed by atoms with Crippen LogP contribution in [-0.2, 0) is 9.53 Å². The Kier molecular flexibility index (Phi) is 6.92. The van der Waals surface area contributed by atoms with Gasteiger partial charge in [0.25, 0.3) is 5.91 Å². The number of esters is 1. The van der Waals surface area contributed by atoms with Crippen LogP contribution in [0.2, 0.25) is 0 Å². The van der Waals surface area contributed by atoms with Crippen molar-refractivity contribution in [1.29, 1.82) is 0 Å². The van der Waals surface area contributed by atoms with E-state index in [9.17, 15) is 9.59 Å². The standard InChI is InChI=1S/C29H23N7O9/c1-13(2)22-29-35-20(12-45-29)28-33-17(10-43-28)25-30-15(7-40-25)5-4-14(6-21(37)39-3)24-32-18(9-41-24)27-34-19(11-44-27)26-31-16(8-42-26)23(38)36-22/h4-5,7-14,22H,6H2,1-3H3,(H,36,38)/b5-4+. The molecule has 1 aliphatic heterocycles. The number of hydrogen-bond acceptors (Lipinski definition) is 15. The SMILES string of the molecule is COC(=O)CC1/C=C/c2coc(n2)-c2coc(n2)-c2coc(n2)C(C(C)C)NC(=O)c2coc(n2)-c2coc(n2)-c2coc1n2. The van der Waals surface area contributed by atoms with Crippen LogP contribution in [0.3, 0.4) is 0 Å². The molecule has 45 heavy (non-hydrogen) atoms. The van der Waals surface area contributed by atoms with Crippen molar-refractivity contribution in [2.24, 2.45) is 5.92 Å². The number of hydrogen-bond donors (Lipinski definition) is 1. The summed E-state index contributed by atoms with van der Waals surface area (Å²) < 4.78 is 38.6. The highest BCUT2D eigenvalue weighted by molar-refractivity contribution is 5.92. The maximum Gasteiger partial charge on any atom is 0.306 e. The number of carbonyl (C=O) groups excluding carboxylic acids is 2. The van der Waals surface area contributed by atoms with E-state index in [1.165, 1.54) is 44.7 Å². The summed E-state index contributed by atoms with van der Waals surface area (Å²) in [5, 5.41) is 2.88. The summed E-state index contributed by atoms with van der Waals surface area (Å²) in [4.78, 5) is 51.9. The van der Waals surface area contributed by atoms with Crippen molar-refractivity contribution in [2.75, 3.05) is 7.11 Å². The molecule has 7 rings (SSSR count). The smallest absolute Gasteiger partial charge is 0.306 e. The van der Waals surface area contributed by atoms with Gasteiger partial charge in [0, 0.05) is 0 Å². The Hall–Kier alpha value is -6.06. The van der Waals surface area contributed by atoms with Crippen LogP contribution < -0.4 is 5.32 Å². The van der Waals surface area contributed by atoms with Gasteiger partial charge in [0.1, 0.15) is 49.3 Å². The predicted octanol–water partition coefficient (Wildman–Crippen LogP) is 5.08.